The molecule has 21 heavy (non-hydrogen) atoms. The third-order valence-electron chi connectivity index (χ3n) is 5.39. The van der Waals surface area contributed by atoms with Gasteiger partial charge in [-0.25, -0.2) is 0 Å². The van der Waals surface area contributed by atoms with E-state index >= 15 is 0 Å². The second-order valence-electron chi connectivity index (χ2n) is 6.80. The van der Waals surface area contributed by atoms with Crippen molar-refractivity contribution in [2.45, 2.75) is 76.5 Å². The van der Waals surface area contributed by atoms with Crippen molar-refractivity contribution in [3.63, 3.8) is 0 Å². The molecule has 1 aliphatic carbocycles. The Morgan fingerprint density at radius 1 is 1.19 bits per heavy atom. The summed E-state index contributed by atoms with van der Waals surface area (Å²) in [5.41, 5.74) is 0.983. The summed E-state index contributed by atoms with van der Waals surface area (Å²) < 4.78 is 1.97. The van der Waals surface area contributed by atoms with Crippen LogP contribution >= 0.6 is 0 Å². The van der Waals surface area contributed by atoms with Gasteiger partial charge in [-0.05, 0) is 45.2 Å². The fourth-order valence-electron chi connectivity index (χ4n) is 4.27. The van der Waals surface area contributed by atoms with E-state index in [-0.39, 0.29) is 11.6 Å². The molecular formula is C17H29N3O. The number of hydrogen-bond donors (Lipinski definition) is 1. The third kappa shape index (κ3) is 2.88. The maximum Gasteiger partial charge on any atom is 0.100 e. The molecule has 2 fully saturated rings. The lowest BCUT2D eigenvalue weighted by molar-refractivity contribution is -0.0405. The highest BCUT2D eigenvalue weighted by Crippen LogP contribution is 2.45. The van der Waals surface area contributed by atoms with E-state index in [1.165, 1.54) is 32.1 Å². The normalized spacial score (nSPS) is 24.3. The molecule has 4 nitrogen and oxygen atoms in total. The van der Waals surface area contributed by atoms with Gasteiger partial charge in [0.1, 0.15) is 6.10 Å². The molecule has 0 spiro atoms. The van der Waals surface area contributed by atoms with Crippen LogP contribution in [0.5, 0.6) is 0 Å². The van der Waals surface area contributed by atoms with Crippen LogP contribution in [0.15, 0.2) is 12.4 Å². The number of aromatic nitrogens is 2. The monoisotopic (exact) mass is 291 g/mol. The lowest BCUT2D eigenvalue weighted by Gasteiger charge is -2.46. The number of hydrogen-bond acceptors (Lipinski definition) is 3. The number of piperidine rings is 1. The van der Waals surface area contributed by atoms with Crippen molar-refractivity contribution in [1.29, 1.82) is 0 Å². The van der Waals surface area contributed by atoms with Crippen LogP contribution in [-0.2, 0) is 6.54 Å². The molecule has 1 saturated carbocycles. The van der Waals surface area contributed by atoms with Crippen molar-refractivity contribution in [3.8, 4) is 0 Å². The zero-order chi connectivity index (χ0) is 14.7. The van der Waals surface area contributed by atoms with Gasteiger partial charge < -0.3 is 5.11 Å². The van der Waals surface area contributed by atoms with E-state index in [1.54, 1.807) is 0 Å². The summed E-state index contributed by atoms with van der Waals surface area (Å²) in [5, 5.41) is 15.5. The summed E-state index contributed by atoms with van der Waals surface area (Å²) in [5.74, 6) is 0. The number of aliphatic hydroxyl groups excluding tert-OH is 1. The number of aryl methyl sites for hydroxylation is 1. The molecular weight excluding hydrogens is 262 g/mol. The SMILES string of the molecule is CCCn1cc(C(O)C2(N3CCCCC3)CCCC2)cn1. The van der Waals surface area contributed by atoms with Crippen LogP contribution in [0, 0.1) is 0 Å². The average Bonchev–Trinajstić information content (AvgIpc) is 3.18. The Morgan fingerprint density at radius 2 is 1.90 bits per heavy atom. The van der Waals surface area contributed by atoms with Gasteiger partial charge >= 0.3 is 0 Å². The number of rotatable bonds is 5. The lowest BCUT2D eigenvalue weighted by atomic mass is 9.84. The first-order chi connectivity index (χ1) is 10.3. The van der Waals surface area contributed by atoms with E-state index in [4.69, 9.17) is 0 Å². The van der Waals surface area contributed by atoms with Gasteiger partial charge in [0.05, 0.1) is 11.7 Å². The van der Waals surface area contributed by atoms with Gasteiger partial charge in [0.15, 0.2) is 0 Å². The number of aliphatic hydroxyl groups is 1. The average molecular weight is 291 g/mol. The first-order valence-corrected chi connectivity index (χ1v) is 8.72. The van der Waals surface area contributed by atoms with Gasteiger partial charge in [-0.1, -0.05) is 26.2 Å². The second-order valence-corrected chi connectivity index (χ2v) is 6.80. The van der Waals surface area contributed by atoms with Gasteiger partial charge in [0.2, 0.25) is 0 Å². The second kappa shape index (κ2) is 6.49. The summed E-state index contributed by atoms with van der Waals surface area (Å²) in [7, 11) is 0. The highest BCUT2D eigenvalue weighted by atomic mass is 16.3. The largest absolute Gasteiger partial charge is 0.386 e. The van der Waals surface area contributed by atoms with E-state index in [1.807, 2.05) is 10.9 Å². The first kappa shape index (κ1) is 15.0. The molecule has 4 heteroatoms. The van der Waals surface area contributed by atoms with Crippen LogP contribution in [-0.4, -0.2) is 38.4 Å². The van der Waals surface area contributed by atoms with Crippen molar-refractivity contribution in [2.24, 2.45) is 0 Å². The van der Waals surface area contributed by atoms with Crippen molar-refractivity contribution in [3.05, 3.63) is 18.0 Å². The summed E-state index contributed by atoms with van der Waals surface area (Å²) in [6.07, 6.45) is 13.3. The molecule has 2 aliphatic rings. The van der Waals surface area contributed by atoms with Crippen LogP contribution in [0.25, 0.3) is 0 Å². The third-order valence-corrected chi connectivity index (χ3v) is 5.39. The Labute approximate surface area is 128 Å². The van der Waals surface area contributed by atoms with E-state index in [2.05, 4.69) is 23.1 Å². The van der Waals surface area contributed by atoms with Gasteiger partial charge in [0, 0.05) is 18.3 Å². The Balaban J connectivity index is 1.81. The van der Waals surface area contributed by atoms with Gasteiger partial charge in [-0.3, -0.25) is 9.58 Å². The molecule has 0 aromatic carbocycles. The Morgan fingerprint density at radius 3 is 2.57 bits per heavy atom. The fraction of sp³-hybridized carbons (Fsp3) is 0.824. The van der Waals surface area contributed by atoms with E-state index in [9.17, 15) is 5.11 Å². The van der Waals surface area contributed by atoms with E-state index < -0.39 is 0 Å². The quantitative estimate of drug-likeness (QED) is 0.906. The summed E-state index contributed by atoms with van der Waals surface area (Å²) >= 11 is 0. The molecule has 1 aliphatic heterocycles. The maximum absolute atomic E-state index is 11.1. The van der Waals surface area contributed by atoms with Crippen LogP contribution in [0.3, 0.4) is 0 Å². The predicted molar refractivity (Wildman–Crippen MR) is 84.1 cm³/mol. The lowest BCUT2D eigenvalue weighted by Crippen LogP contribution is -2.53. The van der Waals surface area contributed by atoms with Crippen LogP contribution in [0.4, 0.5) is 0 Å². The first-order valence-electron chi connectivity index (χ1n) is 8.72. The summed E-state index contributed by atoms with van der Waals surface area (Å²) in [4.78, 5) is 2.59. The topological polar surface area (TPSA) is 41.3 Å². The molecule has 3 rings (SSSR count). The van der Waals surface area contributed by atoms with Crippen LogP contribution in [0.2, 0.25) is 0 Å². The molecule has 1 atom stereocenters. The molecule has 1 saturated heterocycles. The number of nitrogens with zero attached hydrogens (tertiary/aromatic N) is 3. The Bertz CT molecular complexity index is 445. The fourth-order valence-corrected chi connectivity index (χ4v) is 4.27. The van der Waals surface area contributed by atoms with Crippen LogP contribution in [0.1, 0.15) is 70.0 Å². The van der Waals surface area contributed by atoms with Crippen molar-refractivity contribution >= 4 is 0 Å². The predicted octanol–water partition coefficient (Wildman–Crippen LogP) is 3.13. The minimum absolute atomic E-state index is 0.0273. The van der Waals surface area contributed by atoms with Gasteiger partial charge in [-0.2, -0.15) is 5.10 Å². The minimum Gasteiger partial charge on any atom is -0.386 e. The standard InChI is InChI=1S/C17H29N3O/c1-2-10-20-14-15(13-18-20)16(21)17(8-4-5-9-17)19-11-6-3-7-12-19/h13-14,16,21H,2-12H2,1H3. The molecule has 0 amide bonds. The highest BCUT2D eigenvalue weighted by Gasteiger charge is 2.46. The molecule has 1 aromatic heterocycles. The summed E-state index contributed by atoms with van der Waals surface area (Å²) in [6.45, 7) is 5.40. The molecule has 1 aromatic rings. The van der Waals surface area contributed by atoms with Gasteiger partial charge in [0.25, 0.3) is 0 Å². The molecule has 1 N–H and O–H groups in total. The zero-order valence-corrected chi connectivity index (χ0v) is 13.3. The molecule has 0 radical (unpaired) electrons. The minimum atomic E-state index is -0.385. The highest BCUT2D eigenvalue weighted by molar-refractivity contribution is 5.17. The Kier molecular flexibility index (Phi) is 4.65. The van der Waals surface area contributed by atoms with E-state index in [0.717, 1.165) is 44.5 Å². The van der Waals surface area contributed by atoms with E-state index in [0.29, 0.717) is 0 Å². The van der Waals surface area contributed by atoms with Crippen molar-refractivity contribution in [1.82, 2.24) is 14.7 Å². The smallest absolute Gasteiger partial charge is 0.100 e. The number of likely N-dealkylation sites (tertiary alicyclic amines) is 1. The van der Waals surface area contributed by atoms with Crippen molar-refractivity contribution in [2.75, 3.05) is 13.1 Å². The Hall–Kier alpha value is -0.870. The molecule has 0 bridgehead atoms. The molecule has 2 heterocycles. The molecule has 1 unspecified atom stereocenters. The van der Waals surface area contributed by atoms with Gasteiger partial charge in [-0.15, -0.1) is 0 Å². The van der Waals surface area contributed by atoms with Crippen LogP contribution < -0.4 is 0 Å². The van der Waals surface area contributed by atoms with Crippen molar-refractivity contribution < 1.29 is 5.11 Å². The zero-order valence-electron chi connectivity index (χ0n) is 13.3. The summed E-state index contributed by atoms with van der Waals surface area (Å²) in [6, 6.07) is 0. The maximum atomic E-state index is 11.1. The molecule has 118 valence electrons.